The molecule has 27 heavy (non-hydrogen) atoms. The molecule has 0 bridgehead atoms. The van der Waals surface area contributed by atoms with Crippen LogP contribution in [0.1, 0.15) is 31.2 Å². The molecule has 1 aliphatic carbocycles. The van der Waals surface area contributed by atoms with Gasteiger partial charge in [0.05, 0.1) is 5.92 Å². The highest BCUT2D eigenvalue weighted by molar-refractivity contribution is 7.99. The molecule has 0 heterocycles. The molecular formula is C21H24N2O3S. The van der Waals surface area contributed by atoms with Crippen molar-refractivity contribution in [3.8, 4) is 0 Å². The zero-order valence-corrected chi connectivity index (χ0v) is 16.1. The van der Waals surface area contributed by atoms with Crippen LogP contribution in [0.2, 0.25) is 0 Å². The van der Waals surface area contributed by atoms with Gasteiger partial charge >= 0.3 is 12.0 Å². The fourth-order valence-corrected chi connectivity index (χ4v) is 4.23. The third-order valence-corrected chi connectivity index (χ3v) is 5.83. The van der Waals surface area contributed by atoms with Gasteiger partial charge < -0.3 is 15.7 Å². The van der Waals surface area contributed by atoms with E-state index < -0.39 is 5.97 Å². The van der Waals surface area contributed by atoms with Crippen LogP contribution in [0.15, 0.2) is 58.3 Å². The van der Waals surface area contributed by atoms with Crippen molar-refractivity contribution in [1.82, 2.24) is 5.32 Å². The van der Waals surface area contributed by atoms with Crippen LogP contribution in [0.4, 0.5) is 10.5 Å². The molecule has 6 heteroatoms. The Bertz CT molecular complexity index is 802. The molecule has 0 aliphatic heterocycles. The summed E-state index contributed by atoms with van der Waals surface area (Å²) in [5, 5.41) is 14.9. The molecule has 0 spiro atoms. The lowest BCUT2D eigenvalue weighted by Gasteiger charge is -2.27. The second kappa shape index (κ2) is 8.95. The Hall–Kier alpha value is -2.47. The monoisotopic (exact) mass is 384 g/mol. The molecule has 0 saturated heterocycles. The number of nitrogens with one attached hydrogen (secondary N) is 2. The van der Waals surface area contributed by atoms with Gasteiger partial charge in [-0.1, -0.05) is 30.0 Å². The number of rotatable bonds is 5. The molecule has 1 fully saturated rings. The van der Waals surface area contributed by atoms with Gasteiger partial charge in [0.2, 0.25) is 0 Å². The van der Waals surface area contributed by atoms with E-state index >= 15 is 0 Å². The van der Waals surface area contributed by atoms with Gasteiger partial charge in [-0.05, 0) is 68.5 Å². The zero-order chi connectivity index (χ0) is 19.2. The molecule has 3 rings (SSSR count). The second-order valence-corrected chi connectivity index (χ2v) is 8.02. The molecule has 2 aromatic rings. The van der Waals surface area contributed by atoms with Crippen molar-refractivity contribution < 1.29 is 14.7 Å². The lowest BCUT2D eigenvalue weighted by molar-refractivity contribution is -0.142. The molecule has 2 aromatic carbocycles. The van der Waals surface area contributed by atoms with E-state index in [0.29, 0.717) is 25.7 Å². The molecule has 0 unspecified atom stereocenters. The summed E-state index contributed by atoms with van der Waals surface area (Å²) in [4.78, 5) is 25.6. The molecule has 5 nitrogen and oxygen atoms in total. The van der Waals surface area contributed by atoms with Crippen LogP contribution in [0.5, 0.6) is 0 Å². The van der Waals surface area contributed by atoms with E-state index in [4.69, 9.17) is 5.11 Å². The van der Waals surface area contributed by atoms with Crippen molar-refractivity contribution in [2.45, 2.75) is 48.4 Å². The van der Waals surface area contributed by atoms with Gasteiger partial charge in [0.25, 0.3) is 0 Å². The fourth-order valence-electron chi connectivity index (χ4n) is 3.29. The quantitative estimate of drug-likeness (QED) is 0.684. The number of anilines is 1. The van der Waals surface area contributed by atoms with E-state index in [1.807, 2.05) is 37.3 Å². The number of amides is 2. The predicted octanol–water partition coefficient (Wildman–Crippen LogP) is 4.91. The van der Waals surface area contributed by atoms with Gasteiger partial charge in [0.1, 0.15) is 0 Å². The van der Waals surface area contributed by atoms with E-state index in [0.717, 1.165) is 16.1 Å². The highest BCUT2D eigenvalue weighted by Gasteiger charge is 2.26. The number of carbonyl (C=O) groups is 2. The minimum atomic E-state index is -0.734. The van der Waals surface area contributed by atoms with E-state index in [9.17, 15) is 9.59 Å². The van der Waals surface area contributed by atoms with E-state index in [1.165, 1.54) is 4.90 Å². The van der Waals surface area contributed by atoms with Crippen LogP contribution in [0, 0.1) is 12.8 Å². The molecule has 0 radical (unpaired) electrons. The maximum absolute atomic E-state index is 12.3. The first-order valence-electron chi connectivity index (χ1n) is 9.15. The maximum atomic E-state index is 12.3. The average Bonchev–Trinajstić information content (AvgIpc) is 2.65. The van der Waals surface area contributed by atoms with Crippen molar-refractivity contribution in [2.24, 2.45) is 5.92 Å². The van der Waals surface area contributed by atoms with Gasteiger partial charge in [0, 0.05) is 21.5 Å². The molecule has 2 amide bonds. The van der Waals surface area contributed by atoms with Gasteiger partial charge in [-0.2, -0.15) is 0 Å². The van der Waals surface area contributed by atoms with Gasteiger partial charge in [-0.3, -0.25) is 4.79 Å². The minimum Gasteiger partial charge on any atom is -0.481 e. The maximum Gasteiger partial charge on any atom is 0.319 e. The van der Waals surface area contributed by atoms with Crippen molar-refractivity contribution in [1.29, 1.82) is 0 Å². The first-order valence-corrected chi connectivity index (χ1v) is 9.97. The van der Waals surface area contributed by atoms with Crippen LogP contribution >= 0.6 is 11.8 Å². The summed E-state index contributed by atoms with van der Waals surface area (Å²) >= 11 is 1.68. The van der Waals surface area contributed by atoms with Crippen molar-refractivity contribution >= 4 is 29.4 Å². The van der Waals surface area contributed by atoms with Gasteiger partial charge in [0.15, 0.2) is 0 Å². The van der Waals surface area contributed by atoms with Crippen LogP contribution in [-0.4, -0.2) is 23.1 Å². The SMILES string of the molecule is Cc1cc(Sc2ccccc2)ccc1NC(=O)NC1CCC(C(=O)O)CC1. The summed E-state index contributed by atoms with van der Waals surface area (Å²) in [6, 6.07) is 15.9. The third-order valence-electron chi connectivity index (χ3n) is 4.84. The average molecular weight is 385 g/mol. The fraction of sp³-hybridized carbons (Fsp3) is 0.333. The Balaban J connectivity index is 1.53. The Labute approximate surface area is 163 Å². The highest BCUT2D eigenvalue weighted by Crippen LogP contribution is 2.30. The van der Waals surface area contributed by atoms with Gasteiger partial charge in [-0.25, -0.2) is 4.79 Å². The summed E-state index contributed by atoms with van der Waals surface area (Å²) in [6.45, 7) is 1.97. The van der Waals surface area contributed by atoms with E-state index in [2.05, 4.69) is 28.8 Å². The van der Waals surface area contributed by atoms with Crippen LogP contribution in [-0.2, 0) is 4.79 Å². The first kappa shape index (κ1) is 19.3. The summed E-state index contributed by atoms with van der Waals surface area (Å²) in [6.07, 6.45) is 2.64. The molecule has 1 aliphatic rings. The Morgan fingerprint density at radius 1 is 1.00 bits per heavy atom. The number of carbonyl (C=O) groups excluding carboxylic acids is 1. The molecule has 1 saturated carbocycles. The largest absolute Gasteiger partial charge is 0.481 e. The third kappa shape index (κ3) is 5.50. The second-order valence-electron chi connectivity index (χ2n) is 6.88. The number of urea groups is 1. The summed E-state index contributed by atoms with van der Waals surface area (Å²) in [7, 11) is 0. The Kier molecular flexibility index (Phi) is 6.40. The standard InChI is InChI=1S/C21H24N2O3S/c1-14-13-18(27-17-5-3-2-4-6-17)11-12-19(14)23-21(26)22-16-9-7-15(8-10-16)20(24)25/h2-6,11-13,15-16H,7-10H2,1H3,(H,24,25)(H2,22,23,26). The van der Waals surface area contributed by atoms with Crippen LogP contribution in [0.25, 0.3) is 0 Å². The number of hydrogen-bond donors (Lipinski definition) is 3. The van der Waals surface area contributed by atoms with Gasteiger partial charge in [-0.15, -0.1) is 0 Å². The number of aliphatic carboxylic acids is 1. The smallest absolute Gasteiger partial charge is 0.319 e. The number of benzene rings is 2. The highest BCUT2D eigenvalue weighted by atomic mass is 32.2. The van der Waals surface area contributed by atoms with E-state index in [1.54, 1.807) is 11.8 Å². The lowest BCUT2D eigenvalue weighted by Crippen LogP contribution is -2.41. The number of aryl methyl sites for hydroxylation is 1. The zero-order valence-electron chi connectivity index (χ0n) is 15.3. The van der Waals surface area contributed by atoms with Crippen molar-refractivity contribution in [3.05, 3.63) is 54.1 Å². The first-order chi connectivity index (χ1) is 13.0. The predicted molar refractivity (Wildman–Crippen MR) is 107 cm³/mol. The molecular weight excluding hydrogens is 360 g/mol. The molecule has 0 atom stereocenters. The summed E-state index contributed by atoms with van der Waals surface area (Å²) in [5.41, 5.74) is 1.78. The number of carboxylic acids is 1. The van der Waals surface area contributed by atoms with Crippen LogP contribution < -0.4 is 10.6 Å². The van der Waals surface area contributed by atoms with Crippen LogP contribution in [0.3, 0.4) is 0 Å². The molecule has 3 N–H and O–H groups in total. The topological polar surface area (TPSA) is 78.4 Å². The lowest BCUT2D eigenvalue weighted by atomic mass is 9.86. The summed E-state index contributed by atoms with van der Waals surface area (Å²) < 4.78 is 0. The van der Waals surface area contributed by atoms with Crippen molar-refractivity contribution in [3.63, 3.8) is 0 Å². The normalized spacial score (nSPS) is 19.3. The minimum absolute atomic E-state index is 0.0359. The Morgan fingerprint density at radius 2 is 1.70 bits per heavy atom. The number of hydrogen-bond acceptors (Lipinski definition) is 3. The number of carboxylic acid groups (broad SMARTS) is 1. The molecule has 0 aromatic heterocycles. The Morgan fingerprint density at radius 3 is 2.33 bits per heavy atom. The summed E-state index contributed by atoms with van der Waals surface area (Å²) in [5.74, 6) is -1.01. The van der Waals surface area contributed by atoms with Crippen molar-refractivity contribution in [2.75, 3.05) is 5.32 Å². The molecule has 142 valence electrons. The van der Waals surface area contributed by atoms with E-state index in [-0.39, 0.29) is 18.0 Å².